The van der Waals surface area contributed by atoms with Crippen molar-refractivity contribution in [3.05, 3.63) is 40.1 Å². The number of amides is 1. The predicted octanol–water partition coefficient (Wildman–Crippen LogP) is 2.76. The molecular formula is C18H22N4O3. The number of rotatable bonds is 4. The average molecular weight is 342 g/mol. The Morgan fingerprint density at radius 2 is 2.24 bits per heavy atom. The molecule has 1 fully saturated rings. The molecule has 1 amide bonds. The smallest absolute Gasteiger partial charge is 0.295 e. The Balaban J connectivity index is 1.91. The average Bonchev–Trinajstić information content (AvgIpc) is 3.02. The zero-order valence-electron chi connectivity index (χ0n) is 14.7. The van der Waals surface area contributed by atoms with Crippen molar-refractivity contribution in [3.63, 3.8) is 0 Å². The number of pyridine rings is 1. The van der Waals surface area contributed by atoms with Gasteiger partial charge in [-0.25, -0.2) is 4.98 Å². The Kier molecular flexibility index (Phi) is 4.57. The molecule has 0 radical (unpaired) electrons. The van der Waals surface area contributed by atoms with Crippen LogP contribution in [0.4, 0.5) is 11.4 Å². The van der Waals surface area contributed by atoms with Gasteiger partial charge in [-0.05, 0) is 25.3 Å². The number of hydrogen-bond donors (Lipinski definition) is 0. The molecule has 25 heavy (non-hydrogen) atoms. The summed E-state index contributed by atoms with van der Waals surface area (Å²) >= 11 is 0. The van der Waals surface area contributed by atoms with Crippen LogP contribution in [0.1, 0.15) is 19.0 Å². The topological polar surface area (TPSA) is 79.6 Å². The summed E-state index contributed by atoms with van der Waals surface area (Å²) in [6, 6.07) is 7.02. The molecule has 0 spiro atoms. The van der Waals surface area contributed by atoms with Crippen LogP contribution in [0.15, 0.2) is 24.3 Å². The number of aromatic nitrogens is 1. The first-order valence-electron chi connectivity index (χ1n) is 8.38. The summed E-state index contributed by atoms with van der Waals surface area (Å²) in [6.45, 7) is 5.81. The number of hydrogen-bond acceptors (Lipinski definition) is 5. The van der Waals surface area contributed by atoms with E-state index in [0.29, 0.717) is 11.4 Å². The second-order valence-electron chi connectivity index (χ2n) is 6.71. The number of fused-ring (bicyclic) bond motifs is 1. The van der Waals surface area contributed by atoms with E-state index in [4.69, 9.17) is 0 Å². The molecule has 2 heterocycles. The summed E-state index contributed by atoms with van der Waals surface area (Å²) in [5.41, 5.74) is 2.14. The summed E-state index contributed by atoms with van der Waals surface area (Å²) < 4.78 is 0. The standard InChI is InChI=1S/C18H22N4O3/c1-12-9-17(15-5-4-6-16(22(24)25)18(15)19-12)20(3)10-14-7-8-21(11-14)13(2)23/h4-6,9,14H,7-8,10-11H2,1-3H3/t14-/m0/s1. The normalized spacial score (nSPS) is 17.1. The molecule has 7 heteroatoms. The van der Waals surface area contributed by atoms with Crippen molar-refractivity contribution in [2.24, 2.45) is 5.92 Å². The highest BCUT2D eigenvalue weighted by atomic mass is 16.6. The van der Waals surface area contributed by atoms with Gasteiger partial charge in [-0.1, -0.05) is 12.1 Å². The molecule has 0 aliphatic carbocycles. The first kappa shape index (κ1) is 17.1. The third-order valence-electron chi connectivity index (χ3n) is 4.80. The molecule has 0 saturated carbocycles. The lowest BCUT2D eigenvalue weighted by atomic mass is 10.1. The van der Waals surface area contributed by atoms with Gasteiger partial charge in [0.15, 0.2) is 5.52 Å². The fourth-order valence-corrected chi connectivity index (χ4v) is 3.56. The maximum Gasteiger partial charge on any atom is 0.295 e. The van der Waals surface area contributed by atoms with Gasteiger partial charge in [0.1, 0.15) is 0 Å². The van der Waals surface area contributed by atoms with E-state index in [1.807, 2.05) is 31.0 Å². The number of anilines is 1. The van der Waals surface area contributed by atoms with E-state index in [0.717, 1.165) is 42.8 Å². The summed E-state index contributed by atoms with van der Waals surface area (Å²) in [5, 5.41) is 12.1. The number of nitro benzene ring substituents is 1. The van der Waals surface area contributed by atoms with Crippen molar-refractivity contribution in [1.29, 1.82) is 0 Å². The van der Waals surface area contributed by atoms with E-state index in [2.05, 4.69) is 9.88 Å². The van der Waals surface area contributed by atoms with Gasteiger partial charge < -0.3 is 9.80 Å². The number of carbonyl (C=O) groups is 1. The number of nitrogens with zero attached hydrogens (tertiary/aromatic N) is 4. The maximum absolute atomic E-state index is 11.5. The number of carbonyl (C=O) groups excluding carboxylic acids is 1. The molecule has 1 saturated heterocycles. The number of non-ortho nitro benzene ring substituents is 1. The number of likely N-dealkylation sites (tertiary alicyclic amines) is 1. The molecule has 132 valence electrons. The zero-order valence-corrected chi connectivity index (χ0v) is 14.7. The lowest BCUT2D eigenvalue weighted by Gasteiger charge is -2.25. The van der Waals surface area contributed by atoms with Gasteiger partial charge in [0.2, 0.25) is 5.91 Å². The molecule has 0 unspecified atom stereocenters. The highest BCUT2D eigenvalue weighted by molar-refractivity contribution is 5.97. The van der Waals surface area contributed by atoms with Crippen molar-refractivity contribution in [3.8, 4) is 0 Å². The Hall–Kier alpha value is -2.70. The van der Waals surface area contributed by atoms with Gasteiger partial charge in [0.25, 0.3) is 5.69 Å². The lowest BCUT2D eigenvalue weighted by molar-refractivity contribution is -0.383. The molecule has 7 nitrogen and oxygen atoms in total. The van der Waals surface area contributed by atoms with Gasteiger partial charge in [-0.2, -0.15) is 0 Å². The third kappa shape index (κ3) is 3.40. The summed E-state index contributed by atoms with van der Waals surface area (Å²) in [4.78, 5) is 30.8. The fourth-order valence-electron chi connectivity index (χ4n) is 3.56. The van der Waals surface area contributed by atoms with Crippen LogP contribution in [0.2, 0.25) is 0 Å². The summed E-state index contributed by atoms with van der Waals surface area (Å²) in [5.74, 6) is 0.516. The first-order chi connectivity index (χ1) is 11.9. The molecule has 1 aromatic heterocycles. The molecule has 0 bridgehead atoms. The molecular weight excluding hydrogens is 320 g/mol. The lowest BCUT2D eigenvalue weighted by Crippen LogP contribution is -2.30. The van der Waals surface area contributed by atoms with Crippen LogP contribution in [-0.2, 0) is 4.79 Å². The van der Waals surface area contributed by atoms with Gasteiger partial charge >= 0.3 is 0 Å². The van der Waals surface area contributed by atoms with Gasteiger partial charge in [-0.15, -0.1) is 0 Å². The Labute approximate surface area is 146 Å². The monoisotopic (exact) mass is 342 g/mol. The van der Waals surface area contributed by atoms with E-state index in [9.17, 15) is 14.9 Å². The highest BCUT2D eigenvalue weighted by Crippen LogP contribution is 2.32. The van der Waals surface area contributed by atoms with E-state index < -0.39 is 0 Å². The summed E-state index contributed by atoms with van der Waals surface area (Å²) in [7, 11) is 1.99. The van der Waals surface area contributed by atoms with Crippen LogP contribution in [0, 0.1) is 23.0 Å². The second-order valence-corrected chi connectivity index (χ2v) is 6.71. The molecule has 1 aromatic carbocycles. The van der Waals surface area contributed by atoms with Crippen LogP contribution in [-0.4, -0.2) is 47.4 Å². The molecule has 1 aliphatic heterocycles. The van der Waals surface area contributed by atoms with Crippen molar-refractivity contribution in [1.82, 2.24) is 9.88 Å². The fraction of sp³-hybridized carbons (Fsp3) is 0.444. The molecule has 1 aliphatic rings. The highest BCUT2D eigenvalue weighted by Gasteiger charge is 2.26. The van der Waals surface area contributed by atoms with Crippen LogP contribution in [0.25, 0.3) is 10.9 Å². The third-order valence-corrected chi connectivity index (χ3v) is 4.80. The summed E-state index contributed by atoms with van der Waals surface area (Å²) in [6.07, 6.45) is 0.978. The van der Waals surface area contributed by atoms with Gasteiger partial charge in [-0.3, -0.25) is 14.9 Å². The Morgan fingerprint density at radius 3 is 2.88 bits per heavy atom. The van der Waals surface area contributed by atoms with E-state index >= 15 is 0 Å². The van der Waals surface area contributed by atoms with Gasteiger partial charge in [0.05, 0.1) is 4.92 Å². The zero-order chi connectivity index (χ0) is 18.1. The van der Waals surface area contributed by atoms with E-state index in [-0.39, 0.29) is 16.5 Å². The van der Waals surface area contributed by atoms with Crippen LogP contribution >= 0.6 is 0 Å². The number of benzene rings is 1. The van der Waals surface area contributed by atoms with Crippen molar-refractivity contribution in [2.75, 3.05) is 31.6 Å². The Morgan fingerprint density at radius 1 is 1.48 bits per heavy atom. The van der Waals surface area contributed by atoms with E-state index in [1.54, 1.807) is 13.0 Å². The molecule has 2 aromatic rings. The SMILES string of the molecule is CC(=O)N1CC[C@@H](CN(C)c2cc(C)nc3c([N+](=O)[O-])cccc23)C1. The van der Waals surface area contributed by atoms with E-state index in [1.165, 1.54) is 6.07 Å². The number of nitro groups is 1. The predicted molar refractivity (Wildman–Crippen MR) is 96.8 cm³/mol. The van der Waals surface area contributed by atoms with Crippen molar-refractivity contribution >= 4 is 28.2 Å². The quantitative estimate of drug-likeness (QED) is 0.630. The largest absolute Gasteiger partial charge is 0.374 e. The first-order valence-corrected chi connectivity index (χ1v) is 8.38. The van der Waals surface area contributed by atoms with Gasteiger partial charge in [0, 0.05) is 56.4 Å². The van der Waals surface area contributed by atoms with Crippen LogP contribution in [0.3, 0.4) is 0 Å². The second kappa shape index (κ2) is 6.66. The van der Waals surface area contributed by atoms with Crippen LogP contribution in [0.5, 0.6) is 0 Å². The van der Waals surface area contributed by atoms with Crippen LogP contribution < -0.4 is 4.90 Å². The Bertz CT molecular complexity index is 836. The molecule has 3 rings (SSSR count). The molecule has 1 atom stereocenters. The minimum absolute atomic E-state index is 0.0273. The number of para-hydroxylation sites is 1. The molecule has 0 N–H and O–H groups in total. The van der Waals surface area contributed by atoms with Crippen molar-refractivity contribution < 1.29 is 9.72 Å². The van der Waals surface area contributed by atoms with Crippen molar-refractivity contribution in [2.45, 2.75) is 20.3 Å². The maximum atomic E-state index is 11.5. The number of aryl methyl sites for hydroxylation is 1. The minimum atomic E-state index is -0.389. The minimum Gasteiger partial charge on any atom is -0.374 e.